The molecule has 0 aromatic carbocycles. The fourth-order valence-electron chi connectivity index (χ4n) is 3.25. The summed E-state index contributed by atoms with van der Waals surface area (Å²) in [6.07, 6.45) is 8.20. The van der Waals surface area contributed by atoms with Gasteiger partial charge in [0.2, 0.25) is 0 Å². The number of rotatable bonds is 2. The van der Waals surface area contributed by atoms with Crippen LogP contribution in [0, 0.1) is 11.8 Å². The summed E-state index contributed by atoms with van der Waals surface area (Å²) in [6, 6.07) is 0.482. The lowest BCUT2D eigenvalue weighted by atomic mass is 9.84. The van der Waals surface area contributed by atoms with Crippen molar-refractivity contribution in [3.05, 3.63) is 0 Å². The van der Waals surface area contributed by atoms with Gasteiger partial charge >= 0.3 is 0 Å². The van der Waals surface area contributed by atoms with Crippen LogP contribution in [-0.4, -0.2) is 30.6 Å². The second kappa shape index (κ2) is 5.31. The molecular weight excluding hydrogens is 184 g/mol. The minimum atomic E-state index is 0.482. The summed E-state index contributed by atoms with van der Waals surface area (Å²) in [5.41, 5.74) is 6.20. The van der Waals surface area contributed by atoms with E-state index in [0.717, 1.165) is 11.8 Å². The summed E-state index contributed by atoms with van der Waals surface area (Å²) in [5.74, 6) is 1.68. The van der Waals surface area contributed by atoms with Crippen LogP contribution in [-0.2, 0) is 0 Å². The quantitative estimate of drug-likeness (QED) is 0.757. The maximum absolute atomic E-state index is 6.20. The number of hydrogen-bond donors (Lipinski definition) is 1. The smallest absolute Gasteiger partial charge is 0.00793 e. The van der Waals surface area contributed by atoms with E-state index >= 15 is 0 Å². The topological polar surface area (TPSA) is 29.3 Å². The van der Waals surface area contributed by atoms with E-state index in [-0.39, 0.29) is 0 Å². The van der Waals surface area contributed by atoms with Gasteiger partial charge in [-0.05, 0) is 44.1 Å². The van der Waals surface area contributed by atoms with Crippen molar-refractivity contribution in [2.24, 2.45) is 17.6 Å². The summed E-state index contributed by atoms with van der Waals surface area (Å²) in [6.45, 7) is 6.27. The van der Waals surface area contributed by atoms with Crippen LogP contribution < -0.4 is 5.73 Å². The first-order valence-corrected chi connectivity index (χ1v) is 6.73. The van der Waals surface area contributed by atoms with E-state index in [4.69, 9.17) is 5.73 Å². The molecule has 2 rings (SSSR count). The van der Waals surface area contributed by atoms with Crippen molar-refractivity contribution >= 4 is 0 Å². The largest absolute Gasteiger partial charge is 0.327 e. The van der Waals surface area contributed by atoms with Crippen molar-refractivity contribution in [1.29, 1.82) is 0 Å². The Balaban J connectivity index is 1.79. The van der Waals surface area contributed by atoms with Gasteiger partial charge in [-0.3, -0.25) is 0 Å². The van der Waals surface area contributed by atoms with Gasteiger partial charge in [0.05, 0.1) is 0 Å². The monoisotopic (exact) mass is 210 g/mol. The fraction of sp³-hybridized carbons (Fsp3) is 1.00. The lowest BCUT2D eigenvalue weighted by molar-refractivity contribution is 0.135. The fourth-order valence-corrected chi connectivity index (χ4v) is 3.25. The second-order valence-corrected chi connectivity index (χ2v) is 5.72. The van der Waals surface area contributed by atoms with Gasteiger partial charge < -0.3 is 10.6 Å². The molecule has 1 saturated heterocycles. The number of likely N-dealkylation sites (tertiary alicyclic amines) is 1. The van der Waals surface area contributed by atoms with Crippen LogP contribution in [0.15, 0.2) is 0 Å². The van der Waals surface area contributed by atoms with Crippen LogP contribution in [0.4, 0.5) is 0 Å². The van der Waals surface area contributed by atoms with Gasteiger partial charge in [0, 0.05) is 19.1 Å². The third kappa shape index (κ3) is 3.18. The van der Waals surface area contributed by atoms with E-state index in [0.29, 0.717) is 6.04 Å². The average Bonchev–Trinajstić information content (AvgIpc) is 2.22. The van der Waals surface area contributed by atoms with Crippen molar-refractivity contribution in [2.75, 3.05) is 19.6 Å². The van der Waals surface area contributed by atoms with Gasteiger partial charge in [-0.1, -0.05) is 19.8 Å². The molecule has 2 nitrogen and oxygen atoms in total. The molecule has 2 N–H and O–H groups in total. The van der Waals surface area contributed by atoms with E-state index in [9.17, 15) is 0 Å². The predicted octanol–water partition coefficient (Wildman–Crippen LogP) is 2.24. The van der Waals surface area contributed by atoms with Gasteiger partial charge in [0.1, 0.15) is 0 Å². The molecule has 3 unspecified atom stereocenters. The van der Waals surface area contributed by atoms with Crippen LogP contribution in [0.25, 0.3) is 0 Å². The lowest BCUT2D eigenvalue weighted by Gasteiger charge is -2.37. The SMILES string of the molecule is CC1CCCN(CC2CCCCC2N)C1. The first kappa shape index (κ1) is 11.4. The second-order valence-electron chi connectivity index (χ2n) is 5.72. The Bertz CT molecular complexity index is 193. The molecule has 0 aromatic heterocycles. The van der Waals surface area contributed by atoms with E-state index in [1.54, 1.807) is 0 Å². The molecule has 1 aliphatic heterocycles. The highest BCUT2D eigenvalue weighted by Gasteiger charge is 2.25. The molecule has 1 aliphatic carbocycles. The number of nitrogens with two attached hydrogens (primary N) is 1. The van der Waals surface area contributed by atoms with Gasteiger partial charge in [-0.15, -0.1) is 0 Å². The third-order valence-corrected chi connectivity index (χ3v) is 4.20. The Hall–Kier alpha value is -0.0800. The van der Waals surface area contributed by atoms with E-state index in [2.05, 4.69) is 11.8 Å². The third-order valence-electron chi connectivity index (χ3n) is 4.20. The van der Waals surface area contributed by atoms with Crippen LogP contribution in [0.5, 0.6) is 0 Å². The molecule has 0 aromatic rings. The summed E-state index contributed by atoms with van der Waals surface area (Å²) < 4.78 is 0. The molecule has 15 heavy (non-hydrogen) atoms. The number of nitrogens with zero attached hydrogens (tertiary/aromatic N) is 1. The minimum absolute atomic E-state index is 0.482. The highest BCUT2D eigenvalue weighted by atomic mass is 15.1. The summed E-state index contributed by atoms with van der Waals surface area (Å²) in [5, 5.41) is 0. The molecular formula is C13H26N2. The Kier molecular flexibility index (Phi) is 4.04. The van der Waals surface area contributed by atoms with Gasteiger partial charge in [0.25, 0.3) is 0 Å². The molecule has 2 fully saturated rings. The summed E-state index contributed by atoms with van der Waals surface area (Å²) in [4.78, 5) is 2.66. The molecule has 1 saturated carbocycles. The molecule has 0 spiro atoms. The zero-order valence-electron chi connectivity index (χ0n) is 10.1. The molecule has 88 valence electrons. The van der Waals surface area contributed by atoms with E-state index < -0.39 is 0 Å². The van der Waals surface area contributed by atoms with E-state index in [1.165, 1.54) is 58.2 Å². The standard InChI is InChI=1S/C13H26N2/c1-11-5-4-8-15(9-11)10-12-6-2-3-7-13(12)14/h11-13H,2-10,14H2,1H3. The van der Waals surface area contributed by atoms with Crippen LogP contribution in [0.1, 0.15) is 45.4 Å². The average molecular weight is 210 g/mol. The number of hydrogen-bond acceptors (Lipinski definition) is 2. The summed E-state index contributed by atoms with van der Waals surface area (Å²) >= 11 is 0. The lowest BCUT2D eigenvalue weighted by Crippen LogP contribution is -2.44. The number of piperidine rings is 1. The van der Waals surface area contributed by atoms with E-state index in [1.807, 2.05) is 0 Å². The first-order valence-electron chi connectivity index (χ1n) is 6.73. The molecule has 3 atom stereocenters. The van der Waals surface area contributed by atoms with Gasteiger partial charge in [-0.25, -0.2) is 0 Å². The van der Waals surface area contributed by atoms with Crippen LogP contribution >= 0.6 is 0 Å². The van der Waals surface area contributed by atoms with Gasteiger partial charge in [0.15, 0.2) is 0 Å². The van der Waals surface area contributed by atoms with Crippen molar-refractivity contribution in [3.8, 4) is 0 Å². The minimum Gasteiger partial charge on any atom is -0.327 e. The van der Waals surface area contributed by atoms with Crippen molar-refractivity contribution < 1.29 is 0 Å². The van der Waals surface area contributed by atoms with Crippen LogP contribution in [0.2, 0.25) is 0 Å². The Morgan fingerprint density at radius 1 is 1.13 bits per heavy atom. The van der Waals surface area contributed by atoms with Crippen molar-refractivity contribution in [1.82, 2.24) is 4.90 Å². The Morgan fingerprint density at radius 3 is 2.67 bits per heavy atom. The van der Waals surface area contributed by atoms with Crippen molar-refractivity contribution in [3.63, 3.8) is 0 Å². The van der Waals surface area contributed by atoms with Crippen molar-refractivity contribution in [2.45, 2.75) is 51.5 Å². The maximum Gasteiger partial charge on any atom is 0.00793 e. The highest BCUT2D eigenvalue weighted by molar-refractivity contribution is 4.82. The molecule has 2 aliphatic rings. The predicted molar refractivity (Wildman–Crippen MR) is 64.8 cm³/mol. The first-order chi connectivity index (χ1) is 7.25. The van der Waals surface area contributed by atoms with Gasteiger partial charge in [-0.2, -0.15) is 0 Å². The molecule has 0 amide bonds. The summed E-state index contributed by atoms with van der Waals surface area (Å²) in [7, 11) is 0. The zero-order chi connectivity index (χ0) is 10.7. The van der Waals surface area contributed by atoms with Crippen LogP contribution in [0.3, 0.4) is 0 Å². The highest BCUT2D eigenvalue weighted by Crippen LogP contribution is 2.25. The Morgan fingerprint density at radius 2 is 1.93 bits per heavy atom. The molecule has 2 heteroatoms. The normalized spacial score (nSPS) is 39.2. The Labute approximate surface area is 94.2 Å². The molecule has 0 radical (unpaired) electrons. The maximum atomic E-state index is 6.20. The zero-order valence-corrected chi connectivity index (χ0v) is 10.1. The molecule has 0 bridgehead atoms. The molecule has 1 heterocycles.